The van der Waals surface area contributed by atoms with E-state index < -0.39 is 5.97 Å². The van der Waals surface area contributed by atoms with Crippen LogP contribution in [0.5, 0.6) is 0 Å². The molecular formula is C18H34IKO2. The number of hydrogen-bond acceptors (Lipinski definition) is 1. The van der Waals surface area contributed by atoms with E-state index in [9.17, 15) is 4.79 Å². The third kappa shape index (κ3) is 19.6. The quantitative estimate of drug-likeness (QED) is 0.112. The van der Waals surface area contributed by atoms with E-state index in [4.69, 9.17) is 5.11 Å². The topological polar surface area (TPSA) is 37.3 Å². The Kier molecular flexibility index (Phi) is 24.2. The molecule has 0 aliphatic heterocycles. The van der Waals surface area contributed by atoms with E-state index in [0.29, 0.717) is 0 Å². The molecule has 126 valence electrons. The Balaban J connectivity index is 0. The molecule has 0 saturated heterocycles. The van der Waals surface area contributed by atoms with Gasteiger partial charge in [0.15, 0.2) is 0 Å². The predicted octanol–water partition coefficient (Wildman–Crippen LogP) is 5.87. The van der Waals surface area contributed by atoms with E-state index in [2.05, 4.69) is 19.1 Å². The van der Waals surface area contributed by atoms with Crippen molar-refractivity contribution in [3.63, 3.8) is 0 Å². The Morgan fingerprint density at radius 1 is 0.909 bits per heavy atom. The Morgan fingerprint density at radius 3 is 1.86 bits per heavy atom. The second-order valence-electron chi connectivity index (χ2n) is 5.83. The van der Waals surface area contributed by atoms with Gasteiger partial charge in [-0.1, -0.05) is 93.0 Å². The number of halogens is 1. The molecule has 1 N–H and O–H groups in total. The summed E-state index contributed by atoms with van der Waals surface area (Å²) >= 11 is 2.02. The molecule has 0 aromatic carbocycles. The normalized spacial score (nSPS) is 12.3. The minimum atomic E-state index is -0.673. The van der Waals surface area contributed by atoms with Crippen LogP contribution in [0, 0.1) is 0 Å². The average molecular weight is 448 g/mol. The first kappa shape index (κ1) is 25.8. The molecular weight excluding hydrogens is 414 g/mol. The standard InChI is InChI=1S/C18H33IO2.K.H/c1-2-3-4-5-6-7-8-9-10-11-12-13-14-15-16-17(19)18(20)21;;/h9-10,17H,2-8,11-16H2,1H3,(H,20,21);;/b10-9-;;. The molecule has 0 fully saturated rings. The van der Waals surface area contributed by atoms with Crippen LogP contribution < -0.4 is 0 Å². The van der Waals surface area contributed by atoms with E-state index in [-0.39, 0.29) is 55.3 Å². The van der Waals surface area contributed by atoms with E-state index in [0.717, 1.165) is 19.3 Å². The third-order valence-corrected chi connectivity index (χ3v) is 4.89. The Morgan fingerprint density at radius 2 is 1.36 bits per heavy atom. The van der Waals surface area contributed by atoms with Crippen LogP contribution in [0.4, 0.5) is 0 Å². The van der Waals surface area contributed by atoms with Gasteiger partial charge in [-0.3, -0.25) is 4.79 Å². The number of carboxylic acids is 1. The molecule has 0 rings (SSSR count). The first-order valence-electron chi connectivity index (χ1n) is 8.70. The zero-order chi connectivity index (χ0) is 15.8. The van der Waals surface area contributed by atoms with E-state index in [1.54, 1.807) is 0 Å². The molecule has 0 aliphatic carbocycles. The monoisotopic (exact) mass is 448 g/mol. The first-order valence-corrected chi connectivity index (χ1v) is 9.95. The molecule has 22 heavy (non-hydrogen) atoms. The molecule has 0 aliphatic rings. The van der Waals surface area contributed by atoms with Gasteiger partial charge in [0.25, 0.3) is 0 Å². The van der Waals surface area contributed by atoms with E-state index in [1.165, 1.54) is 64.2 Å². The number of carboxylic acid groups (broad SMARTS) is 1. The molecule has 0 bridgehead atoms. The summed E-state index contributed by atoms with van der Waals surface area (Å²) in [5.74, 6) is -0.673. The van der Waals surface area contributed by atoms with Gasteiger partial charge in [0.2, 0.25) is 0 Å². The van der Waals surface area contributed by atoms with Gasteiger partial charge in [-0.15, -0.1) is 0 Å². The van der Waals surface area contributed by atoms with Gasteiger partial charge in [-0.25, -0.2) is 0 Å². The van der Waals surface area contributed by atoms with Crippen molar-refractivity contribution in [1.82, 2.24) is 0 Å². The number of unbranched alkanes of at least 4 members (excludes halogenated alkanes) is 10. The van der Waals surface area contributed by atoms with Gasteiger partial charge in [-0.05, 0) is 32.1 Å². The van der Waals surface area contributed by atoms with Crippen molar-refractivity contribution < 1.29 is 9.90 Å². The fraction of sp³-hybridized carbons (Fsp3) is 0.833. The molecule has 1 unspecified atom stereocenters. The minimum absolute atomic E-state index is 0. The van der Waals surface area contributed by atoms with Crippen LogP contribution >= 0.6 is 22.6 Å². The van der Waals surface area contributed by atoms with Gasteiger partial charge in [0, 0.05) is 0 Å². The van der Waals surface area contributed by atoms with Crippen molar-refractivity contribution >= 4 is 79.9 Å². The second kappa shape index (κ2) is 20.6. The van der Waals surface area contributed by atoms with E-state index >= 15 is 0 Å². The molecule has 0 heterocycles. The zero-order valence-corrected chi connectivity index (χ0v) is 15.8. The average Bonchev–Trinajstić information content (AvgIpc) is 2.47. The van der Waals surface area contributed by atoms with Crippen LogP contribution in [0.25, 0.3) is 0 Å². The van der Waals surface area contributed by atoms with Gasteiger partial charge < -0.3 is 5.11 Å². The van der Waals surface area contributed by atoms with Crippen LogP contribution in [0.1, 0.15) is 90.4 Å². The molecule has 1 atom stereocenters. The molecule has 0 amide bonds. The predicted molar refractivity (Wildman–Crippen MR) is 107 cm³/mol. The first-order chi connectivity index (χ1) is 10.2. The SMILES string of the molecule is CCCCCCCC/C=C\CCCCCCC(I)C(=O)O.[KH]. The summed E-state index contributed by atoms with van der Waals surface area (Å²) < 4.78 is -0.208. The van der Waals surface area contributed by atoms with Crippen LogP contribution in [-0.2, 0) is 4.79 Å². The van der Waals surface area contributed by atoms with Gasteiger partial charge >= 0.3 is 57.4 Å². The number of rotatable bonds is 15. The van der Waals surface area contributed by atoms with Gasteiger partial charge in [-0.2, -0.15) is 0 Å². The van der Waals surface area contributed by atoms with Crippen molar-refractivity contribution in [2.24, 2.45) is 0 Å². The maximum atomic E-state index is 10.6. The Bertz CT molecular complexity index is 270. The molecule has 0 radical (unpaired) electrons. The number of hydrogen-bond donors (Lipinski definition) is 1. The molecule has 0 saturated carbocycles. The number of allylic oxidation sites excluding steroid dienone is 2. The number of alkyl halides is 1. The summed E-state index contributed by atoms with van der Waals surface area (Å²) in [4.78, 5) is 10.6. The fourth-order valence-corrected chi connectivity index (χ4v) is 2.78. The van der Waals surface area contributed by atoms with Gasteiger partial charge in [0.1, 0.15) is 3.92 Å². The summed E-state index contributed by atoms with van der Waals surface area (Å²) in [5, 5.41) is 8.77. The molecule has 0 spiro atoms. The van der Waals surface area contributed by atoms with Crippen LogP contribution in [0.2, 0.25) is 0 Å². The summed E-state index contributed by atoms with van der Waals surface area (Å²) in [5.41, 5.74) is 0. The molecule has 2 nitrogen and oxygen atoms in total. The van der Waals surface area contributed by atoms with Crippen LogP contribution in [0.15, 0.2) is 12.2 Å². The summed E-state index contributed by atoms with van der Waals surface area (Å²) in [6, 6.07) is 0. The van der Waals surface area contributed by atoms with Crippen molar-refractivity contribution in [2.45, 2.75) is 94.3 Å². The maximum absolute atomic E-state index is 10.6. The molecule has 0 aromatic heterocycles. The number of aliphatic carboxylic acids is 1. The van der Waals surface area contributed by atoms with Crippen molar-refractivity contribution in [3.8, 4) is 0 Å². The fourth-order valence-electron chi connectivity index (χ4n) is 2.34. The molecule has 4 heteroatoms. The zero-order valence-electron chi connectivity index (χ0n) is 13.7. The van der Waals surface area contributed by atoms with Crippen molar-refractivity contribution in [3.05, 3.63) is 12.2 Å². The molecule has 0 aromatic rings. The number of carbonyl (C=O) groups is 1. The third-order valence-electron chi connectivity index (χ3n) is 3.74. The van der Waals surface area contributed by atoms with Crippen molar-refractivity contribution in [2.75, 3.05) is 0 Å². The Hall–Kier alpha value is 1.58. The summed E-state index contributed by atoms with van der Waals surface area (Å²) in [7, 11) is 0. The summed E-state index contributed by atoms with van der Waals surface area (Å²) in [6.07, 6.45) is 20.8. The Labute approximate surface area is 193 Å². The van der Waals surface area contributed by atoms with Gasteiger partial charge in [0.05, 0.1) is 0 Å². The summed E-state index contributed by atoms with van der Waals surface area (Å²) in [6.45, 7) is 2.26. The van der Waals surface area contributed by atoms with Crippen LogP contribution in [-0.4, -0.2) is 66.4 Å². The van der Waals surface area contributed by atoms with Crippen molar-refractivity contribution in [1.29, 1.82) is 0 Å². The van der Waals surface area contributed by atoms with Crippen LogP contribution in [0.3, 0.4) is 0 Å². The second-order valence-corrected chi connectivity index (χ2v) is 7.33. The van der Waals surface area contributed by atoms with E-state index in [1.807, 2.05) is 22.6 Å².